The molecule has 0 amide bonds. The Kier molecular flexibility index (Phi) is 15.9. The number of hydrogen-bond acceptors (Lipinski definition) is 10. The minimum absolute atomic E-state index is 0.0736. The maximum Gasteiger partial charge on any atom is 0.345 e. The van der Waals surface area contributed by atoms with Crippen molar-refractivity contribution >= 4 is 29.5 Å². The Morgan fingerprint density at radius 2 is 1.53 bits per heavy atom. The number of hydrogen-bond donors (Lipinski definition) is 3. The van der Waals surface area contributed by atoms with Crippen LogP contribution in [0.2, 0.25) is 0 Å². The summed E-state index contributed by atoms with van der Waals surface area (Å²) in [5.74, 6) is -3.91. The molecule has 0 radical (unpaired) electrons. The first-order chi connectivity index (χ1) is 20.0. The molecule has 0 fully saturated rings. The van der Waals surface area contributed by atoms with E-state index in [4.69, 9.17) is 4.74 Å². The van der Waals surface area contributed by atoms with Gasteiger partial charge < -0.3 is 24.8 Å². The molecule has 43 heavy (non-hydrogen) atoms. The zero-order valence-corrected chi connectivity index (χ0v) is 26.6. The molecule has 3 N–H and O–H groups in total. The highest BCUT2D eigenvalue weighted by Crippen LogP contribution is 2.25. The molecule has 10 heteroatoms. The van der Waals surface area contributed by atoms with Crippen LogP contribution in [0.25, 0.3) is 0 Å². The summed E-state index contributed by atoms with van der Waals surface area (Å²) in [6, 6.07) is 0. The molecule has 0 aromatic heterocycles. The molecule has 0 aromatic carbocycles. The van der Waals surface area contributed by atoms with E-state index >= 15 is 0 Å². The van der Waals surface area contributed by atoms with E-state index in [2.05, 4.69) is 18.2 Å². The molecule has 0 spiro atoms. The summed E-state index contributed by atoms with van der Waals surface area (Å²) in [4.78, 5) is 60.6. The van der Waals surface area contributed by atoms with Crippen LogP contribution in [0.15, 0.2) is 35.5 Å². The molecular weight excluding hydrogens is 556 g/mol. The van der Waals surface area contributed by atoms with Crippen molar-refractivity contribution in [1.82, 2.24) is 0 Å². The average Bonchev–Trinajstić information content (AvgIpc) is 3.19. The van der Waals surface area contributed by atoms with Crippen molar-refractivity contribution in [2.24, 2.45) is 23.7 Å². The van der Waals surface area contributed by atoms with Crippen molar-refractivity contribution in [1.29, 1.82) is 0 Å². The van der Waals surface area contributed by atoms with Crippen molar-refractivity contribution in [3.63, 3.8) is 0 Å². The lowest BCUT2D eigenvalue weighted by atomic mass is 9.85. The zero-order valence-electron chi connectivity index (χ0n) is 26.6. The maximum absolute atomic E-state index is 12.8. The van der Waals surface area contributed by atoms with Gasteiger partial charge in [0.15, 0.2) is 5.78 Å². The Morgan fingerprint density at radius 3 is 2.07 bits per heavy atom. The Labute approximate surface area is 255 Å². The molecule has 1 aliphatic rings. The summed E-state index contributed by atoms with van der Waals surface area (Å²) in [5, 5.41) is 31.5. The summed E-state index contributed by atoms with van der Waals surface area (Å²) in [6.07, 6.45) is 1.16. The lowest BCUT2D eigenvalue weighted by Crippen LogP contribution is -2.36. The number of ketones is 2. The Balaban J connectivity index is 2.51. The van der Waals surface area contributed by atoms with Crippen LogP contribution in [-0.4, -0.2) is 69.2 Å². The second-order valence-corrected chi connectivity index (χ2v) is 12.1. The maximum atomic E-state index is 12.8. The van der Waals surface area contributed by atoms with Crippen molar-refractivity contribution in [2.45, 2.75) is 118 Å². The van der Waals surface area contributed by atoms with Gasteiger partial charge in [0.25, 0.3) is 0 Å². The third kappa shape index (κ3) is 12.3. The minimum atomic E-state index is -1.58. The smallest absolute Gasteiger partial charge is 0.345 e. The second kappa shape index (κ2) is 18.0. The van der Waals surface area contributed by atoms with Gasteiger partial charge >= 0.3 is 17.9 Å². The normalized spacial score (nSPS) is 19.5. The molecule has 0 saturated carbocycles. The highest BCUT2D eigenvalue weighted by atomic mass is 16.6. The molecule has 1 rings (SSSR count). The first-order valence-corrected chi connectivity index (χ1v) is 15.1. The lowest BCUT2D eigenvalue weighted by molar-refractivity contribution is -0.154. The first-order valence-electron chi connectivity index (χ1n) is 15.1. The van der Waals surface area contributed by atoms with Crippen LogP contribution in [0.4, 0.5) is 0 Å². The average molecular weight is 607 g/mol. The van der Waals surface area contributed by atoms with E-state index in [1.165, 1.54) is 13.8 Å². The van der Waals surface area contributed by atoms with Gasteiger partial charge in [-0.05, 0) is 63.0 Å². The number of aliphatic hydroxyl groups is 3. The van der Waals surface area contributed by atoms with Crippen LogP contribution in [0.3, 0.4) is 0 Å². The number of cyclic esters (lactones) is 2. The summed E-state index contributed by atoms with van der Waals surface area (Å²) in [6.45, 7) is 15.8. The van der Waals surface area contributed by atoms with Gasteiger partial charge in [0.1, 0.15) is 11.9 Å². The molecule has 0 unspecified atom stereocenters. The number of allylic oxidation sites excluding steroid dienone is 3. The third-order valence-corrected chi connectivity index (χ3v) is 8.30. The van der Waals surface area contributed by atoms with E-state index in [9.17, 15) is 39.3 Å². The number of aliphatic hydroxyl groups excluding tert-OH is 3. The number of ether oxygens (including phenoxy) is 2. The Morgan fingerprint density at radius 1 is 0.907 bits per heavy atom. The highest BCUT2D eigenvalue weighted by molar-refractivity contribution is 6.12. The number of carbonyl (C=O) groups excluding carboxylic acids is 5. The predicted octanol–water partition coefficient (Wildman–Crippen LogP) is 3.95. The van der Waals surface area contributed by atoms with Gasteiger partial charge in [-0.1, -0.05) is 47.3 Å². The number of rotatable bonds is 20. The van der Waals surface area contributed by atoms with Crippen LogP contribution in [0.1, 0.15) is 93.4 Å². The molecule has 0 saturated heterocycles. The fourth-order valence-corrected chi connectivity index (χ4v) is 5.10. The fourth-order valence-electron chi connectivity index (χ4n) is 5.10. The topological polar surface area (TPSA) is 164 Å². The number of carbonyl (C=O) groups is 5. The van der Waals surface area contributed by atoms with E-state index in [1.54, 1.807) is 26.0 Å². The van der Waals surface area contributed by atoms with Gasteiger partial charge in [-0.3, -0.25) is 14.4 Å². The summed E-state index contributed by atoms with van der Waals surface area (Å²) >= 11 is 0. The van der Waals surface area contributed by atoms with Crippen LogP contribution < -0.4 is 0 Å². The van der Waals surface area contributed by atoms with Crippen LogP contribution >= 0.6 is 0 Å². The monoisotopic (exact) mass is 606 g/mol. The van der Waals surface area contributed by atoms with Gasteiger partial charge in [0, 0.05) is 30.3 Å². The fraction of sp³-hybridized carbons (Fsp3) is 0.667. The zero-order chi connectivity index (χ0) is 33.0. The van der Waals surface area contributed by atoms with Crippen LogP contribution in [0.5, 0.6) is 0 Å². The molecule has 0 aromatic rings. The molecule has 1 heterocycles. The van der Waals surface area contributed by atoms with E-state index in [0.29, 0.717) is 19.3 Å². The molecule has 10 nitrogen and oxygen atoms in total. The third-order valence-electron chi connectivity index (χ3n) is 8.30. The van der Waals surface area contributed by atoms with E-state index in [-0.39, 0.29) is 41.0 Å². The van der Waals surface area contributed by atoms with Gasteiger partial charge in [-0.2, -0.15) is 0 Å². The largest absolute Gasteiger partial charge is 0.462 e. The second-order valence-electron chi connectivity index (χ2n) is 12.1. The Bertz CT molecular complexity index is 1090. The van der Waals surface area contributed by atoms with Crippen LogP contribution in [-0.2, 0) is 33.4 Å². The standard InChI is InChI=1S/C33H50O10/c1-9-24(10-2)15-25(34)14-19(4)13-18(3)11-12-26(35)21(6)28(37)16-27(36)20(5)23(8)42-30(39)17-29(38)31-22(7)32(40)43-33(31)41/h9,15,18-21,23,26-27,29,35-36,38H,1,10-14,16-17H2,2-8H3/b24-15-/t18-,19+,20+,21-,23+,26-,27+,29+/m1/s1. The van der Waals surface area contributed by atoms with E-state index in [0.717, 1.165) is 18.4 Å². The van der Waals surface area contributed by atoms with E-state index in [1.807, 2.05) is 13.8 Å². The molecule has 1 aliphatic heterocycles. The molecule has 242 valence electrons. The number of Topliss-reactive ketones (excluding diaryl/α,β-unsaturated/α-hetero) is 1. The molecule has 0 aliphatic carbocycles. The lowest BCUT2D eigenvalue weighted by Gasteiger charge is -2.27. The predicted molar refractivity (Wildman–Crippen MR) is 160 cm³/mol. The van der Waals surface area contributed by atoms with Gasteiger partial charge in [-0.15, -0.1) is 0 Å². The van der Waals surface area contributed by atoms with Crippen molar-refractivity contribution < 1.29 is 48.8 Å². The Hall–Kier alpha value is -2.95. The summed E-state index contributed by atoms with van der Waals surface area (Å²) in [7, 11) is 0. The summed E-state index contributed by atoms with van der Waals surface area (Å²) < 4.78 is 9.71. The van der Waals surface area contributed by atoms with Gasteiger partial charge in [0.05, 0.1) is 30.3 Å². The molecule has 8 atom stereocenters. The van der Waals surface area contributed by atoms with Gasteiger partial charge in [0.2, 0.25) is 0 Å². The van der Waals surface area contributed by atoms with E-state index < -0.39 is 60.6 Å². The molecular formula is C33H50O10. The van der Waals surface area contributed by atoms with Crippen LogP contribution in [0, 0.1) is 23.7 Å². The van der Waals surface area contributed by atoms with Crippen molar-refractivity contribution in [3.8, 4) is 0 Å². The molecule has 0 bridgehead atoms. The summed E-state index contributed by atoms with van der Waals surface area (Å²) in [5.41, 5.74) is 0.552. The first kappa shape index (κ1) is 38.1. The quantitative estimate of drug-likeness (QED) is 0.0800. The SMILES string of the molecule is C=C/C(=C/C(=O)C[C@@H](C)C[C@H](C)CC[C@@H](O)[C@@H](C)C(=O)C[C@H](O)[C@@H](C)[C@H](C)OC(=O)C[C@H](O)C1=C(C)C(=O)OC1=O)CC. The number of esters is 3. The van der Waals surface area contributed by atoms with Crippen molar-refractivity contribution in [3.05, 3.63) is 35.5 Å². The van der Waals surface area contributed by atoms with Crippen molar-refractivity contribution in [2.75, 3.05) is 0 Å². The highest BCUT2D eigenvalue weighted by Gasteiger charge is 2.36. The van der Waals surface area contributed by atoms with Gasteiger partial charge in [-0.25, -0.2) is 9.59 Å². The minimum Gasteiger partial charge on any atom is -0.462 e.